The molecule has 0 saturated carbocycles. The van der Waals surface area contributed by atoms with Crippen molar-refractivity contribution in [3.63, 3.8) is 0 Å². The number of aliphatic hydroxyl groups excluding tert-OH is 1. The van der Waals surface area contributed by atoms with E-state index >= 15 is 0 Å². The van der Waals surface area contributed by atoms with Crippen molar-refractivity contribution in [2.75, 3.05) is 13.2 Å². The van der Waals surface area contributed by atoms with Gasteiger partial charge in [-0.25, -0.2) is 0 Å². The Kier molecular flexibility index (Phi) is 47.5. The van der Waals surface area contributed by atoms with Gasteiger partial charge in [-0.2, -0.15) is 0 Å². The smallest absolute Gasteiger partial charge is 0.306 e. The summed E-state index contributed by atoms with van der Waals surface area (Å²) in [5.74, 6) is -0.618. The van der Waals surface area contributed by atoms with Crippen LogP contribution in [0.2, 0.25) is 0 Å². The highest BCUT2D eigenvalue weighted by Crippen LogP contribution is 2.14. The van der Waals surface area contributed by atoms with Crippen molar-refractivity contribution < 1.29 is 24.2 Å². The van der Waals surface area contributed by atoms with Crippen LogP contribution in [0.1, 0.15) is 219 Å². The molecule has 5 heteroatoms. The summed E-state index contributed by atoms with van der Waals surface area (Å²) >= 11 is 0. The van der Waals surface area contributed by atoms with Crippen LogP contribution in [0.5, 0.6) is 0 Å². The van der Waals surface area contributed by atoms with Crippen LogP contribution in [0.4, 0.5) is 0 Å². The number of unbranched alkanes of at least 4 members (excludes halogenated alkanes) is 20. The Morgan fingerprint density at radius 3 is 1.10 bits per heavy atom. The van der Waals surface area contributed by atoms with Gasteiger partial charge in [0.2, 0.25) is 0 Å². The first-order valence-corrected chi connectivity index (χ1v) is 24.8. The summed E-state index contributed by atoms with van der Waals surface area (Å²) < 4.78 is 10.7. The molecule has 1 atom stereocenters. The fraction of sp³-hybridized carbons (Fsp3) is 0.673. The molecule has 0 fully saturated rings. The van der Waals surface area contributed by atoms with Gasteiger partial charge in [0.25, 0.3) is 0 Å². The summed E-state index contributed by atoms with van der Waals surface area (Å²) in [5, 5.41) is 9.62. The first-order valence-electron chi connectivity index (χ1n) is 24.8. The van der Waals surface area contributed by atoms with E-state index in [0.717, 1.165) is 103 Å². The Balaban J connectivity index is 3.62. The minimum absolute atomic E-state index is 0.0798. The monoisotopic (exact) mass is 833 g/mol. The number of hydrogen-bond donors (Lipinski definition) is 1. The van der Waals surface area contributed by atoms with Gasteiger partial charge < -0.3 is 14.6 Å². The molecule has 0 aliphatic rings. The quantitative estimate of drug-likeness (QED) is 0.0376. The predicted molar refractivity (Wildman–Crippen MR) is 260 cm³/mol. The van der Waals surface area contributed by atoms with Crippen molar-refractivity contribution in [1.82, 2.24) is 0 Å². The van der Waals surface area contributed by atoms with Crippen LogP contribution in [-0.2, 0) is 19.1 Å². The van der Waals surface area contributed by atoms with Crippen molar-refractivity contribution in [3.8, 4) is 0 Å². The van der Waals surface area contributed by atoms with Crippen LogP contribution in [0.3, 0.4) is 0 Å². The molecule has 5 nitrogen and oxygen atoms in total. The number of aliphatic hydroxyl groups is 1. The Bertz CT molecular complexity index is 1170. The standard InChI is InChI=1S/C55H92O5/c1-3-5-7-9-11-13-15-17-19-21-23-24-25-26-27-28-29-30-32-34-36-38-40-42-44-46-48-50-55(58)60-53(51-56)52-59-54(57)49-47-45-43-41-39-37-35-33-31-22-20-18-16-14-12-10-8-6-4-2/h5,7,11,13,17-20,23-24,26-27,29-30,34,36,53,56H,3-4,6,8-10,12,14-16,21-22,25,28,31-33,35,37-52H2,1-2H3/b7-5-,13-11-,19-17-,20-18-,24-23-,27-26-,30-29-,36-34-. The number of ether oxygens (including phenoxy) is 2. The lowest BCUT2D eigenvalue weighted by atomic mass is 10.1. The molecule has 0 radical (unpaired) electrons. The molecular formula is C55H92O5. The summed E-state index contributed by atoms with van der Waals surface area (Å²) in [6.07, 6.45) is 70.6. The number of allylic oxidation sites excluding steroid dienone is 16. The van der Waals surface area contributed by atoms with Crippen molar-refractivity contribution in [2.45, 2.75) is 225 Å². The zero-order chi connectivity index (χ0) is 43.5. The molecule has 0 aromatic rings. The molecule has 0 bridgehead atoms. The first-order chi connectivity index (χ1) is 29.6. The van der Waals surface area contributed by atoms with E-state index in [-0.39, 0.29) is 25.2 Å². The Morgan fingerprint density at radius 2 is 0.717 bits per heavy atom. The normalized spacial score (nSPS) is 13.1. The summed E-state index contributed by atoms with van der Waals surface area (Å²) in [4.78, 5) is 24.4. The summed E-state index contributed by atoms with van der Waals surface area (Å²) in [7, 11) is 0. The average Bonchev–Trinajstić information content (AvgIpc) is 3.25. The third-order valence-corrected chi connectivity index (χ3v) is 10.4. The second-order valence-electron chi connectivity index (χ2n) is 16.2. The van der Waals surface area contributed by atoms with Gasteiger partial charge in [-0.15, -0.1) is 0 Å². The maximum absolute atomic E-state index is 12.3. The molecule has 342 valence electrons. The van der Waals surface area contributed by atoms with E-state index in [1.54, 1.807) is 0 Å². The van der Waals surface area contributed by atoms with Gasteiger partial charge in [-0.3, -0.25) is 9.59 Å². The van der Waals surface area contributed by atoms with E-state index in [1.165, 1.54) is 89.9 Å². The van der Waals surface area contributed by atoms with E-state index in [9.17, 15) is 14.7 Å². The first kappa shape index (κ1) is 56.8. The van der Waals surface area contributed by atoms with E-state index in [0.29, 0.717) is 12.8 Å². The number of hydrogen-bond acceptors (Lipinski definition) is 5. The molecule has 0 heterocycles. The highest BCUT2D eigenvalue weighted by Gasteiger charge is 2.16. The highest BCUT2D eigenvalue weighted by atomic mass is 16.6. The molecule has 0 amide bonds. The van der Waals surface area contributed by atoms with Crippen LogP contribution < -0.4 is 0 Å². The maximum Gasteiger partial charge on any atom is 0.306 e. The molecule has 1 N–H and O–H groups in total. The average molecular weight is 833 g/mol. The lowest BCUT2D eigenvalue weighted by molar-refractivity contribution is -0.161. The van der Waals surface area contributed by atoms with Crippen LogP contribution >= 0.6 is 0 Å². The molecule has 0 aromatic carbocycles. The zero-order valence-corrected chi connectivity index (χ0v) is 38.9. The van der Waals surface area contributed by atoms with Crippen molar-refractivity contribution in [3.05, 3.63) is 97.2 Å². The van der Waals surface area contributed by atoms with Crippen molar-refractivity contribution in [2.24, 2.45) is 0 Å². The van der Waals surface area contributed by atoms with Gasteiger partial charge in [0.05, 0.1) is 6.61 Å². The van der Waals surface area contributed by atoms with E-state index in [2.05, 4.69) is 111 Å². The highest BCUT2D eigenvalue weighted by molar-refractivity contribution is 5.70. The predicted octanol–water partition coefficient (Wildman–Crippen LogP) is 16.4. The SMILES string of the molecule is CC/C=C\C/C=C\C/C=C\C/C=C\C/C=C\C/C=C\C/C=C\CCCCCCCC(=O)OC(CO)COC(=O)CCCCCCCCCCC/C=C\CCCCCCCC. The number of rotatable bonds is 44. The van der Waals surface area contributed by atoms with E-state index < -0.39 is 6.10 Å². The third kappa shape index (κ3) is 47.5. The lowest BCUT2D eigenvalue weighted by Gasteiger charge is -2.15. The van der Waals surface area contributed by atoms with Crippen LogP contribution in [0, 0.1) is 0 Å². The second-order valence-corrected chi connectivity index (χ2v) is 16.2. The third-order valence-electron chi connectivity index (χ3n) is 10.4. The number of carbonyl (C=O) groups is 2. The number of carbonyl (C=O) groups excluding carboxylic acids is 2. The fourth-order valence-corrected chi connectivity index (χ4v) is 6.65. The topological polar surface area (TPSA) is 72.8 Å². The van der Waals surface area contributed by atoms with Crippen LogP contribution in [-0.4, -0.2) is 36.4 Å². The Morgan fingerprint density at radius 1 is 0.400 bits per heavy atom. The van der Waals surface area contributed by atoms with Gasteiger partial charge >= 0.3 is 11.9 Å². The van der Waals surface area contributed by atoms with Gasteiger partial charge in [-0.05, 0) is 96.3 Å². The van der Waals surface area contributed by atoms with Crippen LogP contribution in [0.25, 0.3) is 0 Å². The fourth-order valence-electron chi connectivity index (χ4n) is 6.65. The van der Waals surface area contributed by atoms with Crippen molar-refractivity contribution in [1.29, 1.82) is 0 Å². The van der Waals surface area contributed by atoms with E-state index in [4.69, 9.17) is 9.47 Å². The summed E-state index contributed by atoms with van der Waals surface area (Å²) in [6.45, 7) is 4.01. The number of esters is 2. The Labute approximate surface area is 370 Å². The molecule has 0 saturated heterocycles. The lowest BCUT2D eigenvalue weighted by Crippen LogP contribution is -2.28. The molecule has 1 unspecified atom stereocenters. The minimum Gasteiger partial charge on any atom is -0.462 e. The molecule has 0 spiro atoms. The van der Waals surface area contributed by atoms with Gasteiger partial charge in [0.1, 0.15) is 6.61 Å². The van der Waals surface area contributed by atoms with Crippen molar-refractivity contribution >= 4 is 11.9 Å². The zero-order valence-electron chi connectivity index (χ0n) is 38.9. The summed E-state index contributed by atoms with van der Waals surface area (Å²) in [5.41, 5.74) is 0. The van der Waals surface area contributed by atoms with Crippen LogP contribution in [0.15, 0.2) is 97.2 Å². The maximum atomic E-state index is 12.3. The van der Waals surface area contributed by atoms with Gasteiger partial charge in [0, 0.05) is 12.8 Å². The molecule has 0 aromatic heterocycles. The molecule has 0 aliphatic carbocycles. The molecule has 0 rings (SSSR count). The van der Waals surface area contributed by atoms with Gasteiger partial charge in [-0.1, -0.05) is 207 Å². The summed E-state index contributed by atoms with van der Waals surface area (Å²) in [6, 6.07) is 0. The Hall–Kier alpha value is -3.18. The molecule has 0 aliphatic heterocycles. The largest absolute Gasteiger partial charge is 0.462 e. The minimum atomic E-state index is -0.790. The second kappa shape index (κ2) is 50.2. The van der Waals surface area contributed by atoms with E-state index in [1.807, 2.05) is 0 Å². The molecule has 60 heavy (non-hydrogen) atoms. The molecular weight excluding hydrogens is 741 g/mol. The van der Waals surface area contributed by atoms with Gasteiger partial charge in [0.15, 0.2) is 6.10 Å².